The molecule has 3 atom stereocenters. The van der Waals surface area contributed by atoms with Crippen LogP contribution in [0.4, 0.5) is 0 Å². The van der Waals surface area contributed by atoms with Crippen LogP contribution in [0, 0.1) is 0 Å². The molecule has 0 radical (unpaired) electrons. The van der Waals surface area contributed by atoms with Crippen LogP contribution in [0.3, 0.4) is 0 Å². The molecule has 0 spiro atoms. The van der Waals surface area contributed by atoms with Gasteiger partial charge in [-0.25, -0.2) is 4.79 Å². The molecular weight excluding hydrogens is 254 g/mol. The number of methoxy groups -OCH3 is 1. The van der Waals surface area contributed by atoms with E-state index >= 15 is 0 Å². The number of aromatic nitrogens is 2. The summed E-state index contributed by atoms with van der Waals surface area (Å²) in [6, 6.07) is 1.21. The molecule has 1 aliphatic rings. The zero-order chi connectivity index (χ0) is 14.0. The number of aromatic amines is 1. The molecule has 1 fully saturated rings. The number of hydrogen-bond donors (Lipinski definition) is 2. The fraction of sp³-hybridized carbons (Fsp3) is 0.545. The number of rotatable bonds is 3. The Balaban J connectivity index is 2.44. The highest BCUT2D eigenvalue weighted by atomic mass is 16.6. The van der Waals surface area contributed by atoms with Gasteiger partial charge in [-0.15, -0.1) is 0 Å². The highest BCUT2D eigenvalue weighted by Crippen LogP contribution is 2.29. The standard InChI is InChI=1S/C11H15N3O5/c1-3-6-8(13-17)9(18-2)10(19-6)14-5-4-7(15)12-11(14)16/h4-6,9-10,17H,3H2,1-2H3,(H,12,15,16)/t6-,9-,10-/m1/s1. The predicted molar refractivity (Wildman–Crippen MR) is 65.5 cm³/mol. The molecule has 8 nitrogen and oxygen atoms in total. The lowest BCUT2D eigenvalue weighted by atomic mass is 10.1. The second kappa shape index (κ2) is 5.37. The first-order valence-electron chi connectivity index (χ1n) is 5.84. The van der Waals surface area contributed by atoms with E-state index in [-0.39, 0.29) is 0 Å². The Kier molecular flexibility index (Phi) is 3.82. The maximum atomic E-state index is 11.7. The van der Waals surface area contributed by atoms with Gasteiger partial charge in [-0.05, 0) is 6.42 Å². The van der Waals surface area contributed by atoms with Gasteiger partial charge in [0.25, 0.3) is 5.56 Å². The van der Waals surface area contributed by atoms with Gasteiger partial charge in [0, 0.05) is 19.4 Å². The van der Waals surface area contributed by atoms with Crippen LogP contribution < -0.4 is 11.2 Å². The molecule has 1 aliphatic heterocycles. The zero-order valence-electron chi connectivity index (χ0n) is 10.6. The minimum Gasteiger partial charge on any atom is -0.411 e. The lowest BCUT2D eigenvalue weighted by Crippen LogP contribution is -2.37. The van der Waals surface area contributed by atoms with E-state index in [0.29, 0.717) is 12.1 Å². The van der Waals surface area contributed by atoms with Crippen molar-refractivity contribution in [1.82, 2.24) is 9.55 Å². The van der Waals surface area contributed by atoms with Crippen molar-refractivity contribution >= 4 is 5.71 Å². The van der Waals surface area contributed by atoms with Gasteiger partial charge in [0.15, 0.2) is 6.23 Å². The van der Waals surface area contributed by atoms with E-state index in [9.17, 15) is 9.59 Å². The maximum Gasteiger partial charge on any atom is 0.330 e. The van der Waals surface area contributed by atoms with Gasteiger partial charge < -0.3 is 14.7 Å². The third-order valence-electron chi connectivity index (χ3n) is 3.05. The van der Waals surface area contributed by atoms with E-state index in [2.05, 4.69) is 10.1 Å². The summed E-state index contributed by atoms with van der Waals surface area (Å²) in [5.41, 5.74) is -0.766. The number of H-pyrrole nitrogens is 1. The summed E-state index contributed by atoms with van der Waals surface area (Å²) in [7, 11) is 1.43. The molecule has 104 valence electrons. The quantitative estimate of drug-likeness (QED) is 0.578. The average Bonchev–Trinajstić information content (AvgIpc) is 2.76. The van der Waals surface area contributed by atoms with Crippen molar-refractivity contribution in [1.29, 1.82) is 0 Å². The first-order chi connectivity index (χ1) is 9.12. The normalized spacial score (nSPS) is 28.9. The van der Waals surface area contributed by atoms with E-state index in [4.69, 9.17) is 14.7 Å². The Bertz CT molecular complexity index is 590. The molecule has 0 amide bonds. The summed E-state index contributed by atoms with van der Waals surface area (Å²) < 4.78 is 12.1. The van der Waals surface area contributed by atoms with Crippen molar-refractivity contribution in [3.63, 3.8) is 0 Å². The molecule has 2 rings (SSSR count). The van der Waals surface area contributed by atoms with Gasteiger partial charge in [0.05, 0.1) is 0 Å². The van der Waals surface area contributed by atoms with Crippen molar-refractivity contribution in [2.24, 2.45) is 5.16 Å². The van der Waals surface area contributed by atoms with Crippen molar-refractivity contribution in [2.75, 3.05) is 7.11 Å². The third-order valence-corrected chi connectivity index (χ3v) is 3.05. The molecule has 0 aliphatic carbocycles. The summed E-state index contributed by atoms with van der Waals surface area (Å²) in [6.45, 7) is 1.86. The van der Waals surface area contributed by atoms with E-state index in [1.54, 1.807) is 0 Å². The van der Waals surface area contributed by atoms with Gasteiger partial charge in [0.1, 0.15) is 17.9 Å². The molecular formula is C11H15N3O5. The third kappa shape index (κ3) is 2.32. The largest absolute Gasteiger partial charge is 0.411 e. The van der Waals surface area contributed by atoms with Crippen molar-refractivity contribution in [3.8, 4) is 0 Å². The monoisotopic (exact) mass is 269 g/mol. The van der Waals surface area contributed by atoms with Gasteiger partial charge in [-0.1, -0.05) is 12.1 Å². The summed E-state index contributed by atoms with van der Waals surface area (Å²) in [6.07, 6.45) is 0.0150. The van der Waals surface area contributed by atoms with Crippen molar-refractivity contribution in [2.45, 2.75) is 31.8 Å². The molecule has 0 aromatic carbocycles. The second-order valence-corrected chi connectivity index (χ2v) is 4.12. The Hall–Kier alpha value is -1.93. The van der Waals surface area contributed by atoms with Crippen LogP contribution in [0.15, 0.2) is 27.0 Å². The molecule has 2 heterocycles. The number of nitrogens with zero attached hydrogens (tertiary/aromatic N) is 2. The molecule has 19 heavy (non-hydrogen) atoms. The topological polar surface area (TPSA) is 106 Å². The molecule has 1 aromatic rings. The SMILES string of the molecule is CC[C@H]1O[C@@H](n2ccc(=O)[nH]c2=O)[C@H](OC)C1=NO. The highest BCUT2D eigenvalue weighted by Gasteiger charge is 2.43. The smallest absolute Gasteiger partial charge is 0.330 e. The van der Waals surface area contributed by atoms with E-state index < -0.39 is 29.7 Å². The number of nitrogens with one attached hydrogen (secondary N) is 1. The number of hydrogen-bond acceptors (Lipinski definition) is 6. The van der Waals surface area contributed by atoms with E-state index in [1.165, 1.54) is 23.9 Å². The van der Waals surface area contributed by atoms with Gasteiger partial charge in [0.2, 0.25) is 0 Å². The number of oxime groups is 1. The molecule has 0 unspecified atom stereocenters. The van der Waals surface area contributed by atoms with E-state index in [1.807, 2.05) is 6.92 Å². The Morgan fingerprint density at radius 1 is 1.58 bits per heavy atom. The van der Waals surface area contributed by atoms with Crippen LogP contribution >= 0.6 is 0 Å². The number of ether oxygens (including phenoxy) is 2. The molecule has 1 saturated heterocycles. The van der Waals surface area contributed by atoms with Crippen molar-refractivity contribution in [3.05, 3.63) is 33.1 Å². The van der Waals surface area contributed by atoms with Crippen molar-refractivity contribution < 1.29 is 14.7 Å². The molecule has 2 N–H and O–H groups in total. The lowest BCUT2D eigenvalue weighted by molar-refractivity contribution is -0.0523. The zero-order valence-corrected chi connectivity index (χ0v) is 10.6. The average molecular weight is 269 g/mol. The first-order valence-corrected chi connectivity index (χ1v) is 5.84. The van der Waals surface area contributed by atoms with Crippen LogP contribution in [0.1, 0.15) is 19.6 Å². The molecule has 0 bridgehead atoms. The second-order valence-electron chi connectivity index (χ2n) is 4.12. The van der Waals surface area contributed by atoms with Gasteiger partial charge in [-0.2, -0.15) is 0 Å². The molecule has 8 heteroatoms. The summed E-state index contributed by atoms with van der Waals surface area (Å²) in [5, 5.41) is 12.2. The minimum atomic E-state index is -0.773. The van der Waals surface area contributed by atoms with Gasteiger partial charge in [-0.3, -0.25) is 14.3 Å². The Morgan fingerprint density at radius 3 is 2.84 bits per heavy atom. The Morgan fingerprint density at radius 2 is 2.32 bits per heavy atom. The summed E-state index contributed by atoms with van der Waals surface area (Å²) in [4.78, 5) is 24.9. The lowest BCUT2D eigenvalue weighted by Gasteiger charge is -2.18. The molecule has 1 aromatic heterocycles. The van der Waals surface area contributed by atoms with Crippen LogP contribution in [0.2, 0.25) is 0 Å². The van der Waals surface area contributed by atoms with Crippen LogP contribution in [-0.4, -0.2) is 39.8 Å². The van der Waals surface area contributed by atoms with Crippen LogP contribution in [-0.2, 0) is 9.47 Å². The van der Waals surface area contributed by atoms with Gasteiger partial charge >= 0.3 is 5.69 Å². The summed E-state index contributed by atoms with van der Waals surface area (Å²) >= 11 is 0. The summed E-state index contributed by atoms with van der Waals surface area (Å²) in [5.74, 6) is 0. The fourth-order valence-electron chi connectivity index (χ4n) is 2.14. The fourth-order valence-corrected chi connectivity index (χ4v) is 2.14. The minimum absolute atomic E-state index is 0.327. The first kappa shape index (κ1) is 13.5. The maximum absolute atomic E-state index is 11.7. The Labute approximate surface area is 108 Å². The predicted octanol–water partition coefficient (Wildman–Crippen LogP) is -0.311. The van der Waals surface area contributed by atoms with E-state index in [0.717, 1.165) is 0 Å². The van der Waals surface area contributed by atoms with Crippen LogP contribution in [0.25, 0.3) is 0 Å². The van der Waals surface area contributed by atoms with Crippen LogP contribution in [0.5, 0.6) is 0 Å². The highest BCUT2D eigenvalue weighted by molar-refractivity contribution is 5.94. The molecule has 0 saturated carbocycles.